The average molecular weight is 236 g/mol. The van der Waals surface area contributed by atoms with Gasteiger partial charge in [-0.1, -0.05) is 0 Å². The fraction of sp³-hybridized carbons (Fsp3) is 0.667. The van der Waals surface area contributed by atoms with E-state index in [1.807, 2.05) is 19.9 Å². The Hall–Kier alpha value is -1.36. The van der Waals surface area contributed by atoms with E-state index in [0.717, 1.165) is 37.7 Å². The molecule has 1 aliphatic heterocycles. The SMILES string of the molecule is CCOc1cc(N2CCC(CN)C2)nc(C)n1. The van der Waals surface area contributed by atoms with Gasteiger partial charge in [0.05, 0.1) is 6.61 Å². The molecule has 0 aromatic carbocycles. The minimum atomic E-state index is 0.584. The fourth-order valence-corrected chi connectivity index (χ4v) is 2.14. The first-order valence-electron chi connectivity index (χ1n) is 6.16. The van der Waals surface area contributed by atoms with Gasteiger partial charge in [-0.2, -0.15) is 4.98 Å². The van der Waals surface area contributed by atoms with E-state index in [1.165, 1.54) is 0 Å². The van der Waals surface area contributed by atoms with Crippen LogP contribution >= 0.6 is 0 Å². The standard InChI is InChI=1S/C12H20N4O/c1-3-17-12-6-11(14-9(2)15-12)16-5-4-10(7-13)8-16/h6,10H,3-5,7-8,13H2,1-2H3. The predicted octanol–water partition coefficient (Wildman–Crippen LogP) is 0.969. The molecular formula is C12H20N4O. The number of hydrogen-bond donors (Lipinski definition) is 1. The summed E-state index contributed by atoms with van der Waals surface area (Å²) in [6.07, 6.45) is 1.14. The zero-order valence-corrected chi connectivity index (χ0v) is 10.5. The van der Waals surface area contributed by atoms with Crippen molar-refractivity contribution >= 4 is 5.82 Å². The molecule has 5 heteroatoms. The van der Waals surface area contributed by atoms with Crippen molar-refractivity contribution in [2.45, 2.75) is 20.3 Å². The van der Waals surface area contributed by atoms with Gasteiger partial charge in [-0.3, -0.25) is 0 Å². The van der Waals surface area contributed by atoms with Crippen molar-refractivity contribution in [2.24, 2.45) is 11.7 Å². The highest BCUT2D eigenvalue weighted by atomic mass is 16.5. The summed E-state index contributed by atoms with van der Waals surface area (Å²) >= 11 is 0. The van der Waals surface area contributed by atoms with Crippen molar-refractivity contribution in [1.29, 1.82) is 0 Å². The second-order valence-corrected chi connectivity index (χ2v) is 4.38. The van der Waals surface area contributed by atoms with Crippen LogP contribution in [0.4, 0.5) is 5.82 Å². The molecule has 17 heavy (non-hydrogen) atoms. The van der Waals surface area contributed by atoms with Crippen LogP contribution in [0.2, 0.25) is 0 Å². The molecule has 1 aromatic heterocycles. The van der Waals surface area contributed by atoms with Crippen LogP contribution in [0.15, 0.2) is 6.07 Å². The van der Waals surface area contributed by atoms with E-state index in [2.05, 4.69) is 14.9 Å². The lowest BCUT2D eigenvalue weighted by Crippen LogP contribution is -2.23. The lowest BCUT2D eigenvalue weighted by molar-refractivity contribution is 0.325. The Kier molecular flexibility index (Phi) is 3.78. The van der Waals surface area contributed by atoms with Gasteiger partial charge < -0.3 is 15.4 Å². The molecule has 0 radical (unpaired) electrons. The van der Waals surface area contributed by atoms with Gasteiger partial charge in [0.15, 0.2) is 0 Å². The molecule has 1 aromatic rings. The number of nitrogens with two attached hydrogens (primary N) is 1. The van der Waals surface area contributed by atoms with Crippen molar-refractivity contribution < 1.29 is 4.74 Å². The summed E-state index contributed by atoms with van der Waals surface area (Å²) in [5.74, 6) is 2.95. The van der Waals surface area contributed by atoms with Gasteiger partial charge in [-0.25, -0.2) is 4.98 Å². The summed E-state index contributed by atoms with van der Waals surface area (Å²) in [5.41, 5.74) is 5.70. The second-order valence-electron chi connectivity index (χ2n) is 4.38. The topological polar surface area (TPSA) is 64.3 Å². The molecule has 94 valence electrons. The summed E-state index contributed by atoms with van der Waals surface area (Å²) in [6.45, 7) is 7.22. The van der Waals surface area contributed by atoms with Gasteiger partial charge in [-0.05, 0) is 32.7 Å². The summed E-state index contributed by atoms with van der Waals surface area (Å²) in [4.78, 5) is 11.0. The normalized spacial score (nSPS) is 19.7. The quantitative estimate of drug-likeness (QED) is 0.844. The number of anilines is 1. The highest BCUT2D eigenvalue weighted by Gasteiger charge is 2.23. The van der Waals surface area contributed by atoms with Crippen LogP contribution in [-0.2, 0) is 0 Å². The minimum absolute atomic E-state index is 0.584. The number of aromatic nitrogens is 2. The lowest BCUT2D eigenvalue weighted by atomic mass is 10.1. The first kappa shape index (κ1) is 12.1. The number of hydrogen-bond acceptors (Lipinski definition) is 5. The number of ether oxygens (including phenoxy) is 1. The van der Waals surface area contributed by atoms with Crippen molar-refractivity contribution in [3.63, 3.8) is 0 Å². The van der Waals surface area contributed by atoms with Crippen LogP contribution in [0.3, 0.4) is 0 Å². The van der Waals surface area contributed by atoms with E-state index < -0.39 is 0 Å². The van der Waals surface area contributed by atoms with Gasteiger partial charge >= 0.3 is 0 Å². The average Bonchev–Trinajstić information content (AvgIpc) is 2.77. The molecule has 1 fully saturated rings. The van der Waals surface area contributed by atoms with Gasteiger partial charge in [-0.15, -0.1) is 0 Å². The lowest BCUT2D eigenvalue weighted by Gasteiger charge is -2.18. The molecule has 1 unspecified atom stereocenters. The summed E-state index contributed by atoms with van der Waals surface area (Å²) < 4.78 is 5.44. The molecule has 2 N–H and O–H groups in total. The Morgan fingerprint density at radius 2 is 2.35 bits per heavy atom. The zero-order chi connectivity index (χ0) is 12.3. The molecule has 0 saturated carbocycles. The first-order valence-corrected chi connectivity index (χ1v) is 6.16. The van der Waals surface area contributed by atoms with Gasteiger partial charge in [0.25, 0.3) is 0 Å². The van der Waals surface area contributed by atoms with Crippen LogP contribution < -0.4 is 15.4 Å². The highest BCUT2D eigenvalue weighted by Crippen LogP contribution is 2.24. The van der Waals surface area contributed by atoms with Crippen LogP contribution in [-0.4, -0.2) is 36.2 Å². The predicted molar refractivity (Wildman–Crippen MR) is 67.3 cm³/mol. The molecular weight excluding hydrogens is 216 g/mol. The Morgan fingerprint density at radius 3 is 3.00 bits per heavy atom. The summed E-state index contributed by atoms with van der Waals surface area (Å²) in [7, 11) is 0. The van der Waals surface area contributed by atoms with Gasteiger partial charge in [0.2, 0.25) is 5.88 Å². The zero-order valence-electron chi connectivity index (χ0n) is 10.5. The Labute approximate surface area is 102 Å². The second kappa shape index (κ2) is 5.31. The third kappa shape index (κ3) is 2.85. The smallest absolute Gasteiger partial charge is 0.218 e. The van der Waals surface area contributed by atoms with Crippen molar-refractivity contribution in [1.82, 2.24) is 9.97 Å². The Bertz CT molecular complexity index is 383. The Balaban J connectivity index is 2.15. The van der Waals surface area contributed by atoms with Gasteiger partial charge in [0.1, 0.15) is 11.6 Å². The fourth-order valence-electron chi connectivity index (χ4n) is 2.14. The number of aryl methyl sites for hydroxylation is 1. The molecule has 1 aliphatic rings. The largest absolute Gasteiger partial charge is 0.478 e. The molecule has 0 aliphatic carbocycles. The molecule has 0 bridgehead atoms. The minimum Gasteiger partial charge on any atom is -0.478 e. The van der Waals surface area contributed by atoms with Gasteiger partial charge in [0, 0.05) is 19.2 Å². The molecule has 2 rings (SSSR count). The third-order valence-electron chi connectivity index (χ3n) is 3.04. The van der Waals surface area contributed by atoms with Crippen molar-refractivity contribution in [3.05, 3.63) is 11.9 Å². The van der Waals surface area contributed by atoms with Crippen molar-refractivity contribution in [3.8, 4) is 5.88 Å². The number of rotatable bonds is 4. The van der Waals surface area contributed by atoms with Crippen LogP contribution in [0.1, 0.15) is 19.2 Å². The van der Waals surface area contributed by atoms with Crippen molar-refractivity contribution in [2.75, 3.05) is 31.1 Å². The monoisotopic (exact) mass is 236 g/mol. The molecule has 0 spiro atoms. The Morgan fingerprint density at radius 1 is 1.53 bits per heavy atom. The van der Waals surface area contributed by atoms with E-state index in [-0.39, 0.29) is 0 Å². The van der Waals surface area contributed by atoms with E-state index in [4.69, 9.17) is 10.5 Å². The maximum atomic E-state index is 5.70. The van der Waals surface area contributed by atoms with Crippen LogP contribution in [0.5, 0.6) is 5.88 Å². The molecule has 1 saturated heterocycles. The molecule has 5 nitrogen and oxygen atoms in total. The van der Waals surface area contributed by atoms with Crippen LogP contribution in [0.25, 0.3) is 0 Å². The first-order chi connectivity index (χ1) is 8.22. The molecule has 0 amide bonds. The maximum Gasteiger partial charge on any atom is 0.218 e. The number of nitrogens with zero attached hydrogens (tertiary/aromatic N) is 3. The van der Waals surface area contributed by atoms with E-state index in [0.29, 0.717) is 18.4 Å². The summed E-state index contributed by atoms with van der Waals surface area (Å²) in [5, 5.41) is 0. The summed E-state index contributed by atoms with van der Waals surface area (Å²) in [6, 6.07) is 1.91. The highest BCUT2D eigenvalue weighted by molar-refractivity contribution is 5.42. The maximum absolute atomic E-state index is 5.70. The van der Waals surface area contributed by atoms with E-state index >= 15 is 0 Å². The third-order valence-corrected chi connectivity index (χ3v) is 3.04. The van der Waals surface area contributed by atoms with Crippen LogP contribution in [0, 0.1) is 12.8 Å². The van der Waals surface area contributed by atoms with E-state index in [1.54, 1.807) is 0 Å². The molecule has 1 atom stereocenters. The van der Waals surface area contributed by atoms with E-state index in [9.17, 15) is 0 Å². The molecule has 2 heterocycles.